The summed E-state index contributed by atoms with van der Waals surface area (Å²) in [6, 6.07) is 17.2. The Morgan fingerprint density at radius 2 is 1.75 bits per heavy atom. The molecule has 7 heteroatoms. The number of rotatable bonds is 6. The van der Waals surface area contributed by atoms with Crippen molar-refractivity contribution < 1.29 is 4.74 Å². The number of hydrogen-bond acceptors (Lipinski definition) is 7. The lowest BCUT2D eigenvalue weighted by molar-refractivity contribution is 0.205. The van der Waals surface area contributed by atoms with Crippen molar-refractivity contribution in [3.05, 3.63) is 72.1 Å². The van der Waals surface area contributed by atoms with Crippen molar-refractivity contribution >= 4 is 17.3 Å². The molecule has 2 heterocycles. The Kier molecular flexibility index (Phi) is 4.90. The first kappa shape index (κ1) is 17.9. The molecule has 28 heavy (non-hydrogen) atoms. The van der Waals surface area contributed by atoms with Crippen LogP contribution in [-0.2, 0) is 0 Å². The third-order valence-electron chi connectivity index (χ3n) is 4.65. The Morgan fingerprint density at radius 1 is 1.07 bits per heavy atom. The van der Waals surface area contributed by atoms with Gasteiger partial charge in [-0.3, -0.25) is 5.41 Å². The predicted molar refractivity (Wildman–Crippen MR) is 110 cm³/mol. The molecule has 142 valence electrons. The summed E-state index contributed by atoms with van der Waals surface area (Å²) in [5.41, 5.74) is 7.60. The van der Waals surface area contributed by atoms with E-state index in [0.717, 1.165) is 24.4 Å². The lowest BCUT2D eigenvalue weighted by Gasteiger charge is -2.37. The topological polar surface area (TPSA) is 100 Å². The van der Waals surface area contributed by atoms with Gasteiger partial charge in [-0.2, -0.15) is 0 Å². The summed E-state index contributed by atoms with van der Waals surface area (Å²) in [5.74, 6) is 2.36. The van der Waals surface area contributed by atoms with Crippen molar-refractivity contribution in [2.75, 3.05) is 31.2 Å². The minimum atomic E-state index is 0.277. The average Bonchev–Trinajstić information content (AvgIpc) is 2.68. The number of anilines is 2. The molecular weight excluding hydrogens is 352 g/mol. The molecule has 4 rings (SSSR count). The van der Waals surface area contributed by atoms with Crippen LogP contribution in [0.1, 0.15) is 11.1 Å². The molecular formula is C21H22N6O. The van der Waals surface area contributed by atoms with Gasteiger partial charge in [0.15, 0.2) is 0 Å². The molecule has 2 aromatic carbocycles. The monoisotopic (exact) mass is 374 g/mol. The van der Waals surface area contributed by atoms with Gasteiger partial charge in [-0.15, -0.1) is 0 Å². The minimum absolute atomic E-state index is 0.277. The number of aromatic nitrogens is 2. The quantitative estimate of drug-likeness (QED) is 0.574. The summed E-state index contributed by atoms with van der Waals surface area (Å²) in [5, 5.41) is 12.0. The highest BCUT2D eigenvalue weighted by Crippen LogP contribution is 2.26. The zero-order valence-corrected chi connectivity index (χ0v) is 15.6. The Morgan fingerprint density at radius 3 is 2.43 bits per heavy atom. The van der Waals surface area contributed by atoms with Crippen LogP contribution in [0.25, 0.3) is 0 Å². The SMILES string of the molecule is CN1CC(Nc2ncnc(N)c2C(=N)c2ccc(Oc3ccccc3)cc2)C1. The summed E-state index contributed by atoms with van der Waals surface area (Å²) in [6.07, 6.45) is 1.42. The van der Waals surface area contributed by atoms with Gasteiger partial charge in [-0.25, -0.2) is 9.97 Å². The molecule has 0 atom stereocenters. The highest BCUT2D eigenvalue weighted by Gasteiger charge is 2.25. The third kappa shape index (κ3) is 3.79. The first-order valence-corrected chi connectivity index (χ1v) is 9.08. The zero-order valence-electron chi connectivity index (χ0n) is 15.6. The van der Waals surface area contributed by atoms with Gasteiger partial charge in [0, 0.05) is 18.7 Å². The summed E-state index contributed by atoms with van der Waals surface area (Å²) in [7, 11) is 2.06. The number of likely N-dealkylation sites (tertiary alicyclic amines) is 1. The second kappa shape index (κ2) is 7.66. The van der Waals surface area contributed by atoms with Gasteiger partial charge in [0.25, 0.3) is 0 Å². The Balaban J connectivity index is 1.54. The lowest BCUT2D eigenvalue weighted by atomic mass is 10.0. The normalized spacial score (nSPS) is 14.3. The maximum Gasteiger partial charge on any atom is 0.141 e. The Hall–Kier alpha value is -3.45. The summed E-state index contributed by atoms with van der Waals surface area (Å²) < 4.78 is 5.81. The van der Waals surface area contributed by atoms with Crippen LogP contribution in [0.4, 0.5) is 11.6 Å². The van der Waals surface area contributed by atoms with Crippen molar-refractivity contribution in [2.24, 2.45) is 0 Å². The largest absolute Gasteiger partial charge is 0.457 e. The predicted octanol–water partition coefficient (Wildman–Crippen LogP) is 2.99. The van der Waals surface area contributed by atoms with Crippen molar-refractivity contribution in [3.63, 3.8) is 0 Å². The van der Waals surface area contributed by atoms with Gasteiger partial charge in [0.2, 0.25) is 0 Å². The number of ether oxygens (including phenoxy) is 1. The van der Waals surface area contributed by atoms with Crippen LogP contribution in [0.3, 0.4) is 0 Å². The smallest absolute Gasteiger partial charge is 0.141 e. The van der Waals surface area contributed by atoms with Gasteiger partial charge >= 0.3 is 0 Å². The molecule has 7 nitrogen and oxygen atoms in total. The molecule has 1 aliphatic rings. The fourth-order valence-corrected chi connectivity index (χ4v) is 3.20. The maximum absolute atomic E-state index is 8.65. The molecule has 0 unspecified atom stereocenters. The molecule has 4 N–H and O–H groups in total. The molecule has 1 fully saturated rings. The van der Waals surface area contributed by atoms with Crippen LogP contribution in [0.15, 0.2) is 60.9 Å². The summed E-state index contributed by atoms with van der Waals surface area (Å²) in [4.78, 5) is 10.6. The van der Waals surface area contributed by atoms with Crippen molar-refractivity contribution in [3.8, 4) is 11.5 Å². The highest BCUT2D eigenvalue weighted by molar-refractivity contribution is 6.16. The number of nitrogen functional groups attached to an aromatic ring is 1. The second-order valence-corrected chi connectivity index (χ2v) is 6.86. The van der Waals surface area contributed by atoms with Crippen LogP contribution in [0.5, 0.6) is 11.5 Å². The van der Waals surface area contributed by atoms with Gasteiger partial charge < -0.3 is 20.7 Å². The summed E-state index contributed by atoms with van der Waals surface area (Å²) >= 11 is 0. The number of hydrogen-bond donors (Lipinski definition) is 3. The van der Waals surface area contributed by atoms with Gasteiger partial charge in [-0.1, -0.05) is 18.2 Å². The molecule has 3 aromatic rings. The van der Waals surface area contributed by atoms with Gasteiger partial charge in [0.05, 0.1) is 17.3 Å². The molecule has 0 radical (unpaired) electrons. The van der Waals surface area contributed by atoms with Crippen LogP contribution in [-0.4, -0.2) is 46.8 Å². The van der Waals surface area contributed by atoms with E-state index in [0.29, 0.717) is 29.0 Å². The highest BCUT2D eigenvalue weighted by atomic mass is 16.5. The van der Waals surface area contributed by atoms with E-state index in [2.05, 4.69) is 27.2 Å². The van der Waals surface area contributed by atoms with E-state index < -0.39 is 0 Å². The fourth-order valence-electron chi connectivity index (χ4n) is 3.20. The van der Waals surface area contributed by atoms with Crippen molar-refractivity contribution in [1.82, 2.24) is 14.9 Å². The van der Waals surface area contributed by atoms with E-state index in [9.17, 15) is 0 Å². The first-order valence-electron chi connectivity index (χ1n) is 9.08. The van der Waals surface area contributed by atoms with E-state index in [4.69, 9.17) is 15.9 Å². The van der Waals surface area contributed by atoms with Crippen LogP contribution < -0.4 is 15.8 Å². The molecule has 0 saturated carbocycles. The average molecular weight is 374 g/mol. The number of benzene rings is 2. The van der Waals surface area contributed by atoms with Gasteiger partial charge in [0.1, 0.15) is 29.5 Å². The first-order chi connectivity index (χ1) is 13.6. The minimum Gasteiger partial charge on any atom is -0.457 e. The van der Waals surface area contributed by atoms with E-state index in [1.165, 1.54) is 6.33 Å². The van der Waals surface area contributed by atoms with E-state index >= 15 is 0 Å². The summed E-state index contributed by atoms with van der Waals surface area (Å²) in [6.45, 7) is 1.87. The standard InChI is InChI=1S/C21H22N6O/c1-27-11-15(12-27)26-21-18(20(23)24-13-25-21)19(22)14-7-9-17(10-8-14)28-16-5-3-2-4-6-16/h2-10,13,15,22H,11-12H2,1H3,(H3,23,24,25,26). The molecule has 0 bridgehead atoms. The van der Waals surface area contributed by atoms with Crippen LogP contribution in [0.2, 0.25) is 0 Å². The Bertz CT molecular complexity index is 968. The maximum atomic E-state index is 8.65. The Labute approximate surface area is 163 Å². The van der Waals surface area contributed by atoms with E-state index in [1.807, 2.05) is 54.6 Å². The lowest BCUT2D eigenvalue weighted by Crippen LogP contribution is -2.52. The molecule has 1 aromatic heterocycles. The fraction of sp³-hybridized carbons (Fsp3) is 0.190. The second-order valence-electron chi connectivity index (χ2n) is 6.86. The third-order valence-corrected chi connectivity index (χ3v) is 4.65. The number of nitrogens with one attached hydrogen (secondary N) is 2. The zero-order chi connectivity index (χ0) is 19.5. The molecule has 0 amide bonds. The van der Waals surface area contributed by atoms with Crippen LogP contribution in [0, 0.1) is 5.41 Å². The number of para-hydroxylation sites is 1. The van der Waals surface area contributed by atoms with Gasteiger partial charge in [-0.05, 0) is 43.4 Å². The van der Waals surface area contributed by atoms with Crippen molar-refractivity contribution in [1.29, 1.82) is 5.41 Å². The van der Waals surface area contributed by atoms with Crippen molar-refractivity contribution in [2.45, 2.75) is 6.04 Å². The van der Waals surface area contributed by atoms with E-state index in [1.54, 1.807) is 0 Å². The number of nitrogens with two attached hydrogens (primary N) is 1. The number of nitrogens with zero attached hydrogens (tertiary/aromatic N) is 3. The molecule has 0 spiro atoms. The molecule has 1 aliphatic heterocycles. The van der Waals surface area contributed by atoms with E-state index in [-0.39, 0.29) is 5.71 Å². The molecule has 1 saturated heterocycles. The molecule has 0 aliphatic carbocycles. The van der Waals surface area contributed by atoms with Crippen LogP contribution >= 0.6 is 0 Å². The number of likely N-dealkylation sites (N-methyl/N-ethyl adjacent to an activating group) is 1.